The second kappa shape index (κ2) is 5.10. The van der Waals surface area contributed by atoms with Crippen molar-refractivity contribution in [2.45, 2.75) is 25.2 Å². The molecule has 0 aliphatic heterocycles. The van der Waals surface area contributed by atoms with Crippen molar-refractivity contribution in [1.29, 1.82) is 0 Å². The summed E-state index contributed by atoms with van der Waals surface area (Å²) in [6, 6.07) is 5.26. The summed E-state index contributed by atoms with van der Waals surface area (Å²) in [6.07, 6.45) is 8.99. The zero-order chi connectivity index (χ0) is 13.2. The van der Waals surface area contributed by atoms with Crippen LogP contribution in [0.2, 0.25) is 5.02 Å². The van der Waals surface area contributed by atoms with Gasteiger partial charge in [-0.05, 0) is 37.5 Å². The van der Waals surface area contributed by atoms with E-state index in [9.17, 15) is 4.79 Å². The van der Waals surface area contributed by atoms with Gasteiger partial charge in [0.15, 0.2) is 0 Å². The second-order valence-corrected chi connectivity index (χ2v) is 5.17. The molecule has 0 bridgehead atoms. The van der Waals surface area contributed by atoms with Crippen molar-refractivity contribution < 1.29 is 0 Å². The van der Waals surface area contributed by atoms with Crippen LogP contribution in [0.15, 0.2) is 41.3 Å². The van der Waals surface area contributed by atoms with E-state index in [4.69, 9.17) is 11.6 Å². The molecule has 1 aliphatic rings. The van der Waals surface area contributed by atoms with E-state index in [1.807, 2.05) is 0 Å². The van der Waals surface area contributed by atoms with Crippen LogP contribution < -0.4 is 5.56 Å². The van der Waals surface area contributed by atoms with Gasteiger partial charge in [0.25, 0.3) is 5.56 Å². The Kier molecular flexibility index (Phi) is 3.30. The van der Waals surface area contributed by atoms with E-state index in [1.165, 1.54) is 0 Å². The molecule has 1 heterocycles. The minimum Gasteiger partial charge on any atom is -0.265 e. The van der Waals surface area contributed by atoms with Crippen LogP contribution in [0.5, 0.6) is 0 Å². The van der Waals surface area contributed by atoms with E-state index in [1.54, 1.807) is 24.4 Å². The van der Waals surface area contributed by atoms with E-state index < -0.39 is 0 Å². The van der Waals surface area contributed by atoms with Crippen LogP contribution in [-0.4, -0.2) is 9.97 Å². The first kappa shape index (κ1) is 12.3. The molecule has 1 aromatic carbocycles. The lowest BCUT2D eigenvalue weighted by molar-refractivity contribution is 0.637. The van der Waals surface area contributed by atoms with Crippen molar-refractivity contribution in [1.82, 2.24) is 9.97 Å². The van der Waals surface area contributed by atoms with Gasteiger partial charge in [0.05, 0.1) is 5.52 Å². The van der Waals surface area contributed by atoms with Crippen molar-refractivity contribution >= 4 is 22.5 Å². The normalized spacial score (nSPS) is 18.7. The highest BCUT2D eigenvalue weighted by molar-refractivity contribution is 6.31. The van der Waals surface area contributed by atoms with Gasteiger partial charge in [0, 0.05) is 22.5 Å². The molecule has 0 radical (unpaired) electrons. The van der Waals surface area contributed by atoms with Crippen molar-refractivity contribution in [2.24, 2.45) is 0 Å². The van der Waals surface area contributed by atoms with E-state index in [2.05, 4.69) is 22.1 Å². The number of benzene rings is 1. The Morgan fingerprint density at radius 1 is 1.32 bits per heavy atom. The van der Waals surface area contributed by atoms with Crippen LogP contribution in [0.4, 0.5) is 0 Å². The minimum absolute atomic E-state index is 0.0889. The summed E-state index contributed by atoms with van der Waals surface area (Å²) in [5.74, 6) is 0.0889. The van der Waals surface area contributed by atoms with E-state index >= 15 is 0 Å². The van der Waals surface area contributed by atoms with Gasteiger partial charge in [-0.3, -0.25) is 9.78 Å². The van der Waals surface area contributed by atoms with E-state index in [0.717, 1.165) is 24.6 Å². The summed E-state index contributed by atoms with van der Waals surface area (Å²) >= 11 is 5.95. The van der Waals surface area contributed by atoms with Crippen molar-refractivity contribution in [2.75, 3.05) is 0 Å². The highest BCUT2D eigenvalue weighted by atomic mass is 35.5. The molecule has 19 heavy (non-hydrogen) atoms. The number of allylic oxidation sites excluding steroid dienone is 2. The standard InChI is InChI=1S/C15H13ClN2O/c16-12-6-7-13-11(8-12)9-17-14(15(19)18-13)10-4-2-1-3-5-10/h2,4,6-10H,1,3,5H2. The summed E-state index contributed by atoms with van der Waals surface area (Å²) < 4.78 is 0. The first-order valence-electron chi connectivity index (χ1n) is 6.37. The Morgan fingerprint density at radius 3 is 3.00 bits per heavy atom. The molecule has 1 unspecified atom stereocenters. The van der Waals surface area contributed by atoms with Gasteiger partial charge >= 0.3 is 0 Å². The maximum absolute atomic E-state index is 12.2. The molecular formula is C15H13ClN2O. The van der Waals surface area contributed by atoms with Gasteiger partial charge in [-0.1, -0.05) is 23.8 Å². The van der Waals surface area contributed by atoms with Crippen LogP contribution in [0.1, 0.15) is 30.9 Å². The maximum atomic E-state index is 12.2. The molecule has 3 nitrogen and oxygen atoms in total. The third kappa shape index (κ3) is 2.51. The van der Waals surface area contributed by atoms with Gasteiger partial charge in [0.2, 0.25) is 0 Å². The lowest BCUT2D eigenvalue weighted by Crippen LogP contribution is -2.15. The molecule has 0 N–H and O–H groups in total. The Morgan fingerprint density at radius 2 is 2.21 bits per heavy atom. The summed E-state index contributed by atoms with van der Waals surface area (Å²) in [7, 11) is 0. The summed E-state index contributed by atoms with van der Waals surface area (Å²) in [5.41, 5.74) is 0.921. The van der Waals surface area contributed by atoms with Crippen LogP contribution in [0.3, 0.4) is 0 Å². The molecule has 2 aromatic rings. The van der Waals surface area contributed by atoms with Crippen LogP contribution >= 0.6 is 11.6 Å². The molecule has 0 fully saturated rings. The fraction of sp³-hybridized carbons (Fsp3) is 0.267. The predicted molar refractivity (Wildman–Crippen MR) is 76.6 cm³/mol. The van der Waals surface area contributed by atoms with Crippen molar-refractivity contribution in [3.8, 4) is 0 Å². The Bertz CT molecular complexity index is 712. The van der Waals surface area contributed by atoms with Gasteiger partial charge in [-0.25, -0.2) is 4.98 Å². The maximum Gasteiger partial charge on any atom is 0.292 e. The lowest BCUT2D eigenvalue weighted by atomic mass is 9.93. The number of aromatic nitrogens is 2. The highest BCUT2D eigenvalue weighted by Crippen LogP contribution is 2.24. The monoisotopic (exact) mass is 272 g/mol. The highest BCUT2D eigenvalue weighted by Gasteiger charge is 2.15. The van der Waals surface area contributed by atoms with Crippen molar-refractivity contribution in [3.05, 3.63) is 57.6 Å². The summed E-state index contributed by atoms with van der Waals surface area (Å²) in [6.45, 7) is 0. The lowest BCUT2D eigenvalue weighted by Gasteiger charge is -2.12. The van der Waals surface area contributed by atoms with Gasteiger partial charge in [0.1, 0.15) is 5.69 Å². The average molecular weight is 273 g/mol. The first-order chi connectivity index (χ1) is 9.24. The fourth-order valence-electron chi connectivity index (χ4n) is 2.39. The van der Waals surface area contributed by atoms with Crippen LogP contribution in [0.25, 0.3) is 10.9 Å². The molecular weight excluding hydrogens is 260 g/mol. The third-order valence-corrected chi connectivity index (χ3v) is 3.61. The Balaban J connectivity index is 2.19. The Hall–Kier alpha value is -1.74. The summed E-state index contributed by atoms with van der Waals surface area (Å²) in [4.78, 5) is 20.7. The largest absolute Gasteiger partial charge is 0.292 e. The molecule has 0 saturated carbocycles. The summed E-state index contributed by atoms with van der Waals surface area (Å²) in [5, 5.41) is 1.41. The molecule has 96 valence electrons. The topological polar surface area (TPSA) is 42.9 Å². The molecule has 4 heteroatoms. The van der Waals surface area contributed by atoms with Crippen LogP contribution in [0, 0.1) is 0 Å². The van der Waals surface area contributed by atoms with Gasteiger partial charge < -0.3 is 0 Å². The van der Waals surface area contributed by atoms with Gasteiger partial charge in [-0.15, -0.1) is 0 Å². The number of nitrogens with zero attached hydrogens (tertiary/aromatic N) is 2. The minimum atomic E-state index is -0.242. The van der Waals surface area contributed by atoms with E-state index in [-0.39, 0.29) is 11.5 Å². The second-order valence-electron chi connectivity index (χ2n) is 4.73. The number of rotatable bonds is 1. The quantitative estimate of drug-likeness (QED) is 0.747. The molecule has 0 spiro atoms. The molecule has 1 aromatic heterocycles. The number of hydrogen-bond acceptors (Lipinski definition) is 3. The van der Waals surface area contributed by atoms with E-state index in [0.29, 0.717) is 16.2 Å². The number of halogens is 1. The zero-order valence-corrected chi connectivity index (χ0v) is 11.1. The fourth-order valence-corrected chi connectivity index (χ4v) is 2.57. The zero-order valence-electron chi connectivity index (χ0n) is 10.3. The Labute approximate surface area is 116 Å². The molecule has 0 amide bonds. The molecule has 3 rings (SSSR count). The SMILES string of the molecule is O=c1nc2ccc(Cl)cc2cnc1C1C=CCCC1. The smallest absolute Gasteiger partial charge is 0.265 e. The van der Waals surface area contributed by atoms with Gasteiger partial charge in [-0.2, -0.15) is 0 Å². The average Bonchev–Trinajstić information content (AvgIpc) is 2.58. The molecule has 1 atom stereocenters. The first-order valence-corrected chi connectivity index (χ1v) is 6.75. The number of hydrogen-bond donors (Lipinski definition) is 0. The predicted octanol–water partition coefficient (Wildman–Crippen LogP) is 3.47. The molecule has 1 aliphatic carbocycles. The number of fused-ring (bicyclic) bond motifs is 1. The van der Waals surface area contributed by atoms with Crippen LogP contribution in [-0.2, 0) is 0 Å². The third-order valence-electron chi connectivity index (χ3n) is 3.38. The molecule has 0 saturated heterocycles. The van der Waals surface area contributed by atoms with Crippen molar-refractivity contribution in [3.63, 3.8) is 0 Å².